The average molecular weight is 403 g/mol. The van der Waals surface area contributed by atoms with Crippen LogP contribution in [-0.4, -0.2) is 29.6 Å². The van der Waals surface area contributed by atoms with Crippen molar-refractivity contribution in [3.8, 4) is 5.88 Å². The number of esters is 1. The summed E-state index contributed by atoms with van der Waals surface area (Å²) in [6.45, 7) is 0.134. The molecule has 1 aromatic carbocycles. The van der Waals surface area contributed by atoms with Crippen molar-refractivity contribution >= 4 is 23.5 Å². The smallest absolute Gasteiger partial charge is 0.422 e. The van der Waals surface area contributed by atoms with E-state index in [1.807, 2.05) is 19.1 Å². The number of halogens is 4. The van der Waals surface area contributed by atoms with Crippen LogP contribution in [0.4, 0.5) is 13.2 Å². The minimum Gasteiger partial charge on any atom is -0.452 e. The van der Waals surface area contributed by atoms with Gasteiger partial charge in [0.2, 0.25) is 0 Å². The van der Waals surface area contributed by atoms with Crippen molar-refractivity contribution in [3.63, 3.8) is 0 Å². The maximum absolute atomic E-state index is 12.1. The van der Waals surface area contributed by atoms with Crippen LogP contribution in [0.25, 0.3) is 0 Å². The van der Waals surface area contributed by atoms with Gasteiger partial charge in [-0.1, -0.05) is 35.9 Å². The number of benzene rings is 1. The number of nitrogens with one attached hydrogen (secondary N) is 1. The normalized spacial score (nSPS) is 11.0. The molecule has 6 nitrogen and oxygen atoms in total. The minimum atomic E-state index is -4.64. The van der Waals surface area contributed by atoms with E-state index in [0.29, 0.717) is 0 Å². The fourth-order valence-corrected chi connectivity index (χ4v) is 2.17. The van der Waals surface area contributed by atoms with Crippen molar-refractivity contribution in [2.24, 2.45) is 0 Å². The molecule has 1 heterocycles. The lowest BCUT2D eigenvalue weighted by Gasteiger charge is -2.10. The third-order valence-electron chi connectivity index (χ3n) is 3.28. The highest BCUT2D eigenvalue weighted by atomic mass is 35.5. The van der Waals surface area contributed by atoms with Crippen LogP contribution in [0.15, 0.2) is 36.5 Å². The number of rotatable bonds is 6. The van der Waals surface area contributed by atoms with E-state index >= 15 is 0 Å². The van der Waals surface area contributed by atoms with Crippen LogP contribution in [0, 0.1) is 6.92 Å². The van der Waals surface area contributed by atoms with E-state index in [2.05, 4.69) is 15.2 Å². The monoisotopic (exact) mass is 402 g/mol. The van der Waals surface area contributed by atoms with Crippen LogP contribution in [0.3, 0.4) is 0 Å². The quantitative estimate of drug-likeness (QED) is 0.592. The molecule has 0 aliphatic rings. The molecular formula is C17H14ClF3N2O4. The lowest BCUT2D eigenvalue weighted by atomic mass is 10.1. The van der Waals surface area contributed by atoms with Gasteiger partial charge in [0.15, 0.2) is 6.61 Å². The van der Waals surface area contributed by atoms with Gasteiger partial charge in [-0.25, -0.2) is 9.78 Å². The molecule has 0 bridgehead atoms. The third-order valence-corrected chi connectivity index (χ3v) is 3.55. The highest BCUT2D eigenvalue weighted by Crippen LogP contribution is 2.23. The summed E-state index contributed by atoms with van der Waals surface area (Å²) in [6.07, 6.45) is -3.66. The maximum atomic E-state index is 12.1. The number of hydrogen-bond donors (Lipinski definition) is 1. The second-order valence-electron chi connectivity index (χ2n) is 5.43. The molecule has 0 spiro atoms. The molecule has 0 saturated carbocycles. The zero-order valence-corrected chi connectivity index (χ0v) is 14.7. The number of hydroxylamine groups is 1. The standard InChI is InChI=1S/C17H14ClF3N2O4/c1-10-4-2-3-5-11(10)7-14(24)23-27-15-13(18)6-12(8-22-15)16(25)26-9-17(19,20)21/h2-6,8H,7,9H2,1H3,(H,23,24). The van der Waals surface area contributed by atoms with Crippen molar-refractivity contribution < 1.29 is 32.3 Å². The van der Waals surface area contributed by atoms with Crippen LogP contribution in [0.5, 0.6) is 5.88 Å². The van der Waals surface area contributed by atoms with E-state index in [9.17, 15) is 22.8 Å². The molecule has 0 fully saturated rings. The van der Waals surface area contributed by atoms with Gasteiger partial charge in [0.05, 0.1) is 12.0 Å². The SMILES string of the molecule is Cc1ccccc1CC(=O)NOc1ncc(C(=O)OCC(F)(F)F)cc1Cl. The van der Waals surface area contributed by atoms with Crippen LogP contribution >= 0.6 is 11.6 Å². The second kappa shape index (κ2) is 8.72. The number of ether oxygens (including phenoxy) is 1. The molecule has 0 atom stereocenters. The predicted octanol–water partition coefficient (Wildman–Crippen LogP) is 3.42. The molecule has 27 heavy (non-hydrogen) atoms. The van der Waals surface area contributed by atoms with Crippen molar-refractivity contribution in [1.29, 1.82) is 0 Å². The van der Waals surface area contributed by atoms with Crippen molar-refractivity contribution in [3.05, 3.63) is 58.2 Å². The molecule has 0 aliphatic carbocycles. The first-order valence-electron chi connectivity index (χ1n) is 7.55. The molecule has 10 heteroatoms. The Balaban J connectivity index is 1.93. The Morgan fingerprint density at radius 2 is 1.96 bits per heavy atom. The second-order valence-corrected chi connectivity index (χ2v) is 5.84. The molecule has 2 aromatic rings. The van der Waals surface area contributed by atoms with Gasteiger partial charge < -0.3 is 9.57 Å². The largest absolute Gasteiger partial charge is 0.452 e. The van der Waals surface area contributed by atoms with E-state index in [-0.39, 0.29) is 22.9 Å². The zero-order valence-electron chi connectivity index (χ0n) is 14.0. The number of alkyl halides is 3. The lowest BCUT2D eigenvalue weighted by Crippen LogP contribution is -2.29. The van der Waals surface area contributed by atoms with E-state index in [1.54, 1.807) is 12.1 Å². The van der Waals surface area contributed by atoms with Gasteiger partial charge in [-0.2, -0.15) is 18.7 Å². The summed E-state index contributed by atoms with van der Waals surface area (Å²) in [5.41, 5.74) is 3.61. The van der Waals surface area contributed by atoms with Gasteiger partial charge in [0.25, 0.3) is 11.8 Å². The Morgan fingerprint density at radius 3 is 2.59 bits per heavy atom. The Kier molecular flexibility index (Phi) is 6.62. The van der Waals surface area contributed by atoms with Crippen LogP contribution in [0.1, 0.15) is 21.5 Å². The molecule has 0 saturated heterocycles. The summed E-state index contributed by atoms with van der Waals surface area (Å²) in [7, 11) is 0. The lowest BCUT2D eigenvalue weighted by molar-refractivity contribution is -0.161. The highest BCUT2D eigenvalue weighted by Gasteiger charge is 2.30. The van der Waals surface area contributed by atoms with Gasteiger partial charge in [-0.05, 0) is 24.1 Å². The van der Waals surface area contributed by atoms with Crippen LogP contribution < -0.4 is 10.3 Å². The first-order valence-corrected chi connectivity index (χ1v) is 7.93. The summed E-state index contributed by atoms with van der Waals surface area (Å²) in [5.74, 6) is -1.92. The summed E-state index contributed by atoms with van der Waals surface area (Å²) in [5, 5.41) is -0.187. The number of amides is 1. The van der Waals surface area contributed by atoms with Crippen LogP contribution in [0.2, 0.25) is 5.02 Å². The van der Waals surface area contributed by atoms with Crippen LogP contribution in [-0.2, 0) is 16.0 Å². The number of nitrogens with zero attached hydrogens (tertiary/aromatic N) is 1. The molecule has 0 aliphatic heterocycles. The number of carbonyl (C=O) groups is 2. The third kappa shape index (κ3) is 6.45. The van der Waals surface area contributed by atoms with Gasteiger partial charge >= 0.3 is 12.1 Å². The molecule has 1 N–H and O–H groups in total. The minimum absolute atomic E-state index is 0.0617. The number of pyridine rings is 1. The van der Waals surface area contributed by atoms with E-state index in [0.717, 1.165) is 23.4 Å². The van der Waals surface area contributed by atoms with Gasteiger partial charge in [-0.3, -0.25) is 4.79 Å². The predicted molar refractivity (Wildman–Crippen MR) is 89.2 cm³/mol. The van der Waals surface area contributed by atoms with Gasteiger partial charge in [0.1, 0.15) is 5.02 Å². The number of aryl methyl sites for hydroxylation is 1. The average Bonchev–Trinajstić information content (AvgIpc) is 2.60. The zero-order chi connectivity index (χ0) is 20.0. The molecule has 1 aromatic heterocycles. The Morgan fingerprint density at radius 1 is 1.26 bits per heavy atom. The number of hydrogen-bond acceptors (Lipinski definition) is 5. The molecule has 0 radical (unpaired) electrons. The van der Waals surface area contributed by atoms with Gasteiger partial charge in [0, 0.05) is 6.20 Å². The first kappa shape index (κ1) is 20.5. The van der Waals surface area contributed by atoms with E-state index in [4.69, 9.17) is 16.4 Å². The summed E-state index contributed by atoms with van der Waals surface area (Å²) < 4.78 is 40.2. The summed E-state index contributed by atoms with van der Waals surface area (Å²) in [4.78, 5) is 32.1. The number of carbonyl (C=O) groups excluding carboxylic acids is 2. The Bertz CT molecular complexity index is 843. The Labute approximate surface area is 157 Å². The van der Waals surface area contributed by atoms with Gasteiger partial charge in [-0.15, -0.1) is 0 Å². The number of aromatic nitrogens is 1. The summed E-state index contributed by atoms with van der Waals surface area (Å²) in [6, 6.07) is 8.32. The highest BCUT2D eigenvalue weighted by molar-refractivity contribution is 6.32. The topological polar surface area (TPSA) is 77.5 Å². The Hall–Kier alpha value is -2.81. The molecule has 0 unspecified atom stereocenters. The van der Waals surface area contributed by atoms with E-state index in [1.165, 1.54) is 0 Å². The molecular weight excluding hydrogens is 389 g/mol. The van der Waals surface area contributed by atoms with Crippen molar-refractivity contribution in [2.75, 3.05) is 6.61 Å². The first-order chi connectivity index (χ1) is 12.7. The van der Waals surface area contributed by atoms with E-state index < -0.39 is 24.7 Å². The van der Waals surface area contributed by atoms with Crippen molar-refractivity contribution in [2.45, 2.75) is 19.5 Å². The maximum Gasteiger partial charge on any atom is 0.422 e. The summed E-state index contributed by atoms with van der Waals surface area (Å²) >= 11 is 5.86. The molecule has 144 valence electrons. The van der Waals surface area contributed by atoms with Crippen molar-refractivity contribution in [1.82, 2.24) is 10.5 Å². The molecule has 1 amide bonds. The molecule has 2 rings (SSSR count). The fraction of sp³-hybridized carbons (Fsp3) is 0.235. The fourth-order valence-electron chi connectivity index (χ4n) is 1.97.